The number of nitrogens with zero attached hydrogens (tertiary/aromatic N) is 1. The van der Waals surface area contributed by atoms with Crippen molar-refractivity contribution in [3.63, 3.8) is 0 Å². The van der Waals surface area contributed by atoms with E-state index in [0.717, 1.165) is 0 Å². The fourth-order valence-electron chi connectivity index (χ4n) is 1.38. The highest BCUT2D eigenvalue weighted by Crippen LogP contribution is 2.14. The van der Waals surface area contributed by atoms with Crippen molar-refractivity contribution in [1.82, 2.24) is 0 Å². The normalized spacial score (nSPS) is 12.9. The Hall–Kier alpha value is -1.84. The first-order chi connectivity index (χ1) is 8.06. The summed E-state index contributed by atoms with van der Waals surface area (Å²) in [6.07, 6.45) is 1.50. The average molecular weight is 235 g/mol. The lowest BCUT2D eigenvalue weighted by molar-refractivity contribution is -0.143. The lowest BCUT2D eigenvalue weighted by Crippen LogP contribution is -2.25. The zero-order valence-electron chi connectivity index (χ0n) is 10.3. The van der Waals surface area contributed by atoms with E-state index in [0.29, 0.717) is 5.56 Å². The number of methoxy groups -OCH3 is 1. The third-order valence-corrected chi connectivity index (χ3v) is 2.39. The Balaban J connectivity index is 2.87. The van der Waals surface area contributed by atoms with E-state index in [4.69, 9.17) is 0 Å². The molecule has 1 aromatic carbocycles. The van der Waals surface area contributed by atoms with Crippen molar-refractivity contribution in [2.75, 3.05) is 7.11 Å². The van der Waals surface area contributed by atoms with Crippen LogP contribution < -0.4 is 0 Å². The van der Waals surface area contributed by atoms with Gasteiger partial charge in [0, 0.05) is 11.8 Å². The average Bonchev–Trinajstić information content (AvgIpc) is 2.30. The summed E-state index contributed by atoms with van der Waals surface area (Å²) in [6, 6.07) is 6.29. The van der Waals surface area contributed by atoms with Crippen molar-refractivity contribution < 1.29 is 14.6 Å². The third kappa shape index (κ3) is 3.59. The van der Waals surface area contributed by atoms with Crippen molar-refractivity contribution in [3.8, 4) is 5.75 Å². The monoisotopic (exact) mass is 235 g/mol. The van der Waals surface area contributed by atoms with Crippen LogP contribution in [-0.4, -0.2) is 30.4 Å². The Morgan fingerprint density at radius 3 is 2.59 bits per heavy atom. The van der Waals surface area contributed by atoms with Gasteiger partial charge in [0.25, 0.3) is 0 Å². The highest BCUT2D eigenvalue weighted by Gasteiger charge is 2.21. The summed E-state index contributed by atoms with van der Waals surface area (Å²) in [7, 11) is 1.34. The molecule has 0 heterocycles. The van der Waals surface area contributed by atoms with Crippen LogP contribution in [-0.2, 0) is 9.53 Å². The van der Waals surface area contributed by atoms with Gasteiger partial charge < -0.3 is 9.84 Å². The van der Waals surface area contributed by atoms with Crippen LogP contribution in [0.3, 0.4) is 0 Å². The van der Waals surface area contributed by atoms with Crippen LogP contribution in [0.5, 0.6) is 5.75 Å². The summed E-state index contributed by atoms with van der Waals surface area (Å²) < 4.78 is 4.68. The second kappa shape index (κ2) is 6.03. The molecule has 1 atom stereocenters. The highest BCUT2D eigenvalue weighted by atomic mass is 16.5. The summed E-state index contributed by atoms with van der Waals surface area (Å²) in [5, 5.41) is 9.55. The van der Waals surface area contributed by atoms with Gasteiger partial charge in [-0.25, -0.2) is 4.79 Å². The molecule has 17 heavy (non-hydrogen) atoms. The minimum atomic E-state index is -0.542. The van der Waals surface area contributed by atoms with E-state index < -0.39 is 6.04 Å². The Labute approximate surface area is 101 Å². The summed E-state index contributed by atoms with van der Waals surface area (Å²) in [6.45, 7) is 3.79. The second-order valence-corrected chi connectivity index (χ2v) is 4.05. The second-order valence-electron chi connectivity index (χ2n) is 4.05. The molecule has 0 saturated carbocycles. The predicted molar refractivity (Wildman–Crippen MR) is 66.3 cm³/mol. The fraction of sp³-hybridized carbons (Fsp3) is 0.385. The highest BCUT2D eigenvalue weighted by molar-refractivity contribution is 5.86. The minimum absolute atomic E-state index is 0.0459. The first-order valence-corrected chi connectivity index (χ1v) is 5.45. The SMILES string of the molecule is COC(=O)C(N=Cc1ccccc1O)C(C)C. The molecule has 0 bridgehead atoms. The van der Waals surface area contributed by atoms with Crippen LogP contribution in [0, 0.1) is 5.92 Å². The Morgan fingerprint density at radius 2 is 2.06 bits per heavy atom. The van der Waals surface area contributed by atoms with Gasteiger partial charge in [-0.15, -0.1) is 0 Å². The first kappa shape index (κ1) is 13.2. The largest absolute Gasteiger partial charge is 0.507 e. The Morgan fingerprint density at radius 1 is 1.41 bits per heavy atom. The molecule has 0 saturated heterocycles. The standard InChI is InChI=1S/C13H17NO3/c1-9(2)12(13(16)17-3)14-8-10-6-4-5-7-11(10)15/h4-9,12,15H,1-3H3. The topological polar surface area (TPSA) is 58.9 Å². The number of para-hydroxylation sites is 1. The number of benzene rings is 1. The third-order valence-electron chi connectivity index (χ3n) is 2.39. The summed E-state index contributed by atoms with van der Waals surface area (Å²) in [5.41, 5.74) is 0.585. The first-order valence-electron chi connectivity index (χ1n) is 5.45. The van der Waals surface area contributed by atoms with Crippen LogP contribution >= 0.6 is 0 Å². The maximum Gasteiger partial charge on any atom is 0.330 e. The van der Waals surface area contributed by atoms with E-state index in [-0.39, 0.29) is 17.6 Å². The number of esters is 1. The molecule has 1 N–H and O–H groups in total. The molecule has 92 valence electrons. The molecule has 1 unspecified atom stereocenters. The van der Waals surface area contributed by atoms with Crippen LogP contribution in [0.2, 0.25) is 0 Å². The fourth-order valence-corrected chi connectivity index (χ4v) is 1.38. The molecule has 0 spiro atoms. The number of ether oxygens (including phenoxy) is 1. The van der Waals surface area contributed by atoms with Gasteiger partial charge in [0.05, 0.1) is 7.11 Å². The Kier molecular flexibility index (Phi) is 4.69. The predicted octanol–water partition coefficient (Wildman–Crippen LogP) is 2.01. The molecule has 0 radical (unpaired) electrons. The Bertz CT molecular complexity index is 413. The lowest BCUT2D eigenvalue weighted by atomic mass is 10.1. The molecule has 4 heteroatoms. The van der Waals surface area contributed by atoms with Gasteiger partial charge in [-0.1, -0.05) is 26.0 Å². The number of hydrogen-bond donors (Lipinski definition) is 1. The van der Waals surface area contributed by atoms with Crippen molar-refractivity contribution >= 4 is 12.2 Å². The van der Waals surface area contributed by atoms with E-state index in [1.807, 2.05) is 13.8 Å². The minimum Gasteiger partial charge on any atom is -0.507 e. The summed E-state index contributed by atoms with van der Waals surface area (Å²) in [4.78, 5) is 15.6. The number of phenolic OH excluding ortho intramolecular Hbond substituents is 1. The van der Waals surface area contributed by atoms with Crippen molar-refractivity contribution in [3.05, 3.63) is 29.8 Å². The van der Waals surface area contributed by atoms with Crippen LogP contribution in [0.4, 0.5) is 0 Å². The molecule has 0 aliphatic rings. The summed E-state index contributed by atoms with van der Waals surface area (Å²) >= 11 is 0. The molecule has 0 aromatic heterocycles. The number of rotatable bonds is 4. The molecule has 1 aromatic rings. The number of phenols is 1. The van der Waals surface area contributed by atoms with Gasteiger partial charge in [0.2, 0.25) is 0 Å². The smallest absolute Gasteiger partial charge is 0.330 e. The molecular weight excluding hydrogens is 218 g/mol. The van der Waals surface area contributed by atoms with E-state index in [9.17, 15) is 9.90 Å². The van der Waals surface area contributed by atoms with Crippen LogP contribution in [0.1, 0.15) is 19.4 Å². The number of hydrogen-bond acceptors (Lipinski definition) is 4. The quantitative estimate of drug-likeness (QED) is 0.641. The zero-order chi connectivity index (χ0) is 12.8. The van der Waals surface area contributed by atoms with Gasteiger partial charge in [-0.05, 0) is 18.1 Å². The van der Waals surface area contributed by atoms with E-state index in [1.54, 1.807) is 24.3 Å². The van der Waals surface area contributed by atoms with Gasteiger partial charge in [-0.2, -0.15) is 0 Å². The van der Waals surface area contributed by atoms with E-state index in [2.05, 4.69) is 9.73 Å². The number of aromatic hydroxyl groups is 1. The van der Waals surface area contributed by atoms with Crippen LogP contribution in [0.25, 0.3) is 0 Å². The number of carbonyl (C=O) groups is 1. The molecule has 4 nitrogen and oxygen atoms in total. The van der Waals surface area contributed by atoms with E-state index in [1.165, 1.54) is 13.3 Å². The number of carbonyl (C=O) groups excluding carboxylic acids is 1. The maximum absolute atomic E-state index is 11.5. The zero-order valence-corrected chi connectivity index (χ0v) is 10.3. The molecule has 0 aliphatic heterocycles. The van der Waals surface area contributed by atoms with Crippen molar-refractivity contribution in [2.24, 2.45) is 10.9 Å². The van der Waals surface area contributed by atoms with Gasteiger partial charge >= 0.3 is 5.97 Å². The van der Waals surface area contributed by atoms with Crippen molar-refractivity contribution in [2.45, 2.75) is 19.9 Å². The molecule has 0 amide bonds. The lowest BCUT2D eigenvalue weighted by Gasteiger charge is -2.13. The van der Waals surface area contributed by atoms with E-state index >= 15 is 0 Å². The van der Waals surface area contributed by atoms with Gasteiger partial charge in [0.1, 0.15) is 11.8 Å². The van der Waals surface area contributed by atoms with Gasteiger partial charge in [0.15, 0.2) is 0 Å². The molecule has 0 fully saturated rings. The molecule has 1 rings (SSSR count). The summed E-state index contributed by atoms with van der Waals surface area (Å²) in [5.74, 6) is -0.181. The maximum atomic E-state index is 11.5. The van der Waals surface area contributed by atoms with Gasteiger partial charge in [-0.3, -0.25) is 4.99 Å². The van der Waals surface area contributed by atoms with Crippen molar-refractivity contribution in [1.29, 1.82) is 0 Å². The molecule has 0 aliphatic carbocycles. The number of aliphatic imine (C=N–C) groups is 1. The van der Waals surface area contributed by atoms with Crippen LogP contribution in [0.15, 0.2) is 29.3 Å². The molecular formula is C13H17NO3.